The van der Waals surface area contributed by atoms with E-state index in [2.05, 4.69) is 19.9 Å². The van der Waals surface area contributed by atoms with Gasteiger partial charge in [-0.2, -0.15) is 0 Å². The van der Waals surface area contributed by atoms with E-state index in [4.69, 9.17) is 14.2 Å². The third kappa shape index (κ3) is 4.67. The number of hydrogen-bond donors (Lipinski definition) is 0. The Labute approximate surface area is 208 Å². The number of rotatable bonds is 6. The van der Waals surface area contributed by atoms with Gasteiger partial charge in [0, 0.05) is 26.2 Å². The zero-order chi connectivity index (χ0) is 25.5. The van der Waals surface area contributed by atoms with Crippen molar-refractivity contribution in [2.24, 2.45) is 34.5 Å². The number of Topliss-reactive ketones (excluding diaryl/α,β-unsaturated/α-hetero) is 1. The van der Waals surface area contributed by atoms with Crippen molar-refractivity contribution in [2.75, 3.05) is 7.11 Å². The Morgan fingerprint density at radius 1 is 1.00 bits per heavy atom. The molecule has 4 aliphatic carbocycles. The Morgan fingerprint density at radius 2 is 1.74 bits per heavy atom. The number of allylic oxidation sites excluding steroid dienone is 1. The molecule has 194 valence electrons. The molecule has 0 N–H and O–H groups in total. The van der Waals surface area contributed by atoms with Crippen molar-refractivity contribution < 1.29 is 33.4 Å². The average molecular weight is 489 g/mol. The lowest BCUT2D eigenvalue weighted by Crippen LogP contribution is -2.51. The van der Waals surface area contributed by atoms with E-state index in [0.29, 0.717) is 17.8 Å². The first-order valence-corrected chi connectivity index (χ1v) is 13.1. The number of carbonyl (C=O) groups is 4. The van der Waals surface area contributed by atoms with Gasteiger partial charge < -0.3 is 14.2 Å². The summed E-state index contributed by atoms with van der Waals surface area (Å²) in [4.78, 5) is 48.5. The van der Waals surface area contributed by atoms with Crippen LogP contribution >= 0.6 is 0 Å². The van der Waals surface area contributed by atoms with Crippen molar-refractivity contribution in [3.8, 4) is 0 Å². The second-order valence-electron chi connectivity index (χ2n) is 11.7. The number of carbonyl (C=O) groups excluding carboxylic acids is 4. The Balaban J connectivity index is 1.50. The molecule has 0 aromatic carbocycles. The molecular formula is C28H40O7. The van der Waals surface area contributed by atoms with Gasteiger partial charge in [0.15, 0.2) is 0 Å². The Kier molecular flexibility index (Phi) is 7.18. The van der Waals surface area contributed by atoms with E-state index in [0.717, 1.165) is 51.4 Å². The highest BCUT2D eigenvalue weighted by Crippen LogP contribution is 2.66. The maximum atomic E-state index is 13.4. The second-order valence-corrected chi connectivity index (χ2v) is 11.7. The summed E-state index contributed by atoms with van der Waals surface area (Å²) in [6.07, 6.45) is 8.81. The second kappa shape index (κ2) is 9.70. The zero-order valence-electron chi connectivity index (χ0n) is 21.8. The highest BCUT2D eigenvalue weighted by molar-refractivity contribution is 5.89. The molecule has 0 radical (unpaired) electrons. The number of methoxy groups -OCH3 is 1. The van der Waals surface area contributed by atoms with Crippen LogP contribution < -0.4 is 0 Å². The van der Waals surface area contributed by atoms with Gasteiger partial charge in [-0.05, 0) is 73.5 Å². The first-order valence-electron chi connectivity index (χ1n) is 13.1. The summed E-state index contributed by atoms with van der Waals surface area (Å²) in [5, 5.41) is 0. The first kappa shape index (κ1) is 25.9. The summed E-state index contributed by atoms with van der Waals surface area (Å²) < 4.78 is 15.4. The molecule has 7 nitrogen and oxygen atoms in total. The molecular weight excluding hydrogens is 448 g/mol. The van der Waals surface area contributed by atoms with Crippen molar-refractivity contribution in [3.63, 3.8) is 0 Å². The molecule has 0 amide bonds. The number of hydrogen-bond acceptors (Lipinski definition) is 7. The molecule has 0 bridgehead atoms. The molecule has 35 heavy (non-hydrogen) atoms. The predicted octanol–water partition coefficient (Wildman–Crippen LogP) is 4.56. The van der Waals surface area contributed by atoms with Crippen LogP contribution in [0.4, 0.5) is 0 Å². The van der Waals surface area contributed by atoms with Gasteiger partial charge in [-0.1, -0.05) is 25.5 Å². The standard InChI is InChI=1S/C28H40O7/c1-16(29)34-19-10-12-27(3)18(14-19)6-7-20-21-8-9-23(28(21,4)13-11-22(20)27)24(31)15-25(26(32)33-5)35-17(2)30/h6,19-23,25H,7-15H2,1-5H3. The molecule has 4 rings (SSSR count). The molecule has 0 heterocycles. The first-order chi connectivity index (χ1) is 16.5. The molecule has 0 aromatic rings. The fourth-order valence-corrected chi connectivity index (χ4v) is 8.32. The molecule has 4 aliphatic rings. The maximum Gasteiger partial charge on any atom is 0.347 e. The van der Waals surface area contributed by atoms with Crippen LogP contribution in [0.3, 0.4) is 0 Å². The highest BCUT2D eigenvalue weighted by Gasteiger charge is 2.60. The van der Waals surface area contributed by atoms with Gasteiger partial charge in [0.1, 0.15) is 11.9 Å². The molecule has 8 unspecified atom stereocenters. The van der Waals surface area contributed by atoms with Crippen molar-refractivity contribution in [3.05, 3.63) is 11.6 Å². The van der Waals surface area contributed by atoms with E-state index in [1.807, 2.05) is 0 Å². The van der Waals surface area contributed by atoms with E-state index in [-0.39, 0.29) is 41.0 Å². The Morgan fingerprint density at radius 3 is 2.40 bits per heavy atom. The van der Waals surface area contributed by atoms with Crippen LogP contribution in [0.2, 0.25) is 0 Å². The van der Waals surface area contributed by atoms with Gasteiger partial charge in [0.2, 0.25) is 6.10 Å². The van der Waals surface area contributed by atoms with E-state index < -0.39 is 18.0 Å². The van der Waals surface area contributed by atoms with E-state index in [1.54, 1.807) is 0 Å². The van der Waals surface area contributed by atoms with Gasteiger partial charge in [-0.3, -0.25) is 14.4 Å². The van der Waals surface area contributed by atoms with Crippen LogP contribution in [0.25, 0.3) is 0 Å². The maximum absolute atomic E-state index is 13.4. The number of esters is 3. The minimum Gasteiger partial charge on any atom is -0.466 e. The molecule has 3 saturated carbocycles. The van der Waals surface area contributed by atoms with Gasteiger partial charge in [0.25, 0.3) is 0 Å². The molecule has 0 aliphatic heterocycles. The minimum absolute atomic E-state index is 0.00485. The molecule has 3 fully saturated rings. The van der Waals surface area contributed by atoms with Gasteiger partial charge in [-0.15, -0.1) is 0 Å². The smallest absolute Gasteiger partial charge is 0.347 e. The third-order valence-electron chi connectivity index (χ3n) is 9.94. The van der Waals surface area contributed by atoms with Gasteiger partial charge in [0.05, 0.1) is 13.5 Å². The normalized spacial score (nSPS) is 38.7. The van der Waals surface area contributed by atoms with Crippen molar-refractivity contribution in [1.29, 1.82) is 0 Å². The monoisotopic (exact) mass is 488 g/mol. The van der Waals surface area contributed by atoms with Crippen molar-refractivity contribution in [2.45, 2.75) is 97.7 Å². The number of fused-ring (bicyclic) bond motifs is 5. The summed E-state index contributed by atoms with van der Waals surface area (Å²) in [6.45, 7) is 7.39. The highest BCUT2D eigenvalue weighted by atomic mass is 16.6. The van der Waals surface area contributed by atoms with Crippen LogP contribution in [0.5, 0.6) is 0 Å². The van der Waals surface area contributed by atoms with Gasteiger partial charge in [-0.25, -0.2) is 4.79 Å². The van der Waals surface area contributed by atoms with Crippen molar-refractivity contribution >= 4 is 23.7 Å². The quantitative estimate of drug-likeness (QED) is 0.307. The van der Waals surface area contributed by atoms with E-state index in [9.17, 15) is 19.2 Å². The summed E-state index contributed by atoms with van der Waals surface area (Å²) in [5.41, 5.74) is 1.48. The topological polar surface area (TPSA) is 96.0 Å². The largest absolute Gasteiger partial charge is 0.466 e. The van der Waals surface area contributed by atoms with Gasteiger partial charge >= 0.3 is 17.9 Å². The predicted molar refractivity (Wildman–Crippen MR) is 128 cm³/mol. The van der Waals surface area contributed by atoms with Crippen LogP contribution in [-0.4, -0.2) is 43.0 Å². The van der Waals surface area contributed by atoms with E-state index in [1.165, 1.54) is 26.5 Å². The molecule has 7 heteroatoms. The van der Waals surface area contributed by atoms with Crippen LogP contribution in [0.1, 0.15) is 85.5 Å². The van der Waals surface area contributed by atoms with E-state index >= 15 is 0 Å². The fourth-order valence-electron chi connectivity index (χ4n) is 8.32. The lowest BCUT2D eigenvalue weighted by atomic mass is 9.47. The van der Waals surface area contributed by atoms with Crippen molar-refractivity contribution in [1.82, 2.24) is 0 Å². The summed E-state index contributed by atoms with van der Waals surface area (Å²) in [7, 11) is 1.24. The third-order valence-corrected chi connectivity index (χ3v) is 9.94. The van der Waals surface area contributed by atoms with Crippen LogP contribution in [-0.2, 0) is 33.4 Å². The molecule has 0 saturated heterocycles. The number of ketones is 1. The number of ether oxygens (including phenoxy) is 3. The fraction of sp³-hybridized carbons (Fsp3) is 0.786. The van der Waals surface area contributed by atoms with Crippen LogP contribution in [0, 0.1) is 34.5 Å². The lowest BCUT2D eigenvalue weighted by molar-refractivity contribution is -0.166. The molecule has 8 atom stereocenters. The SMILES string of the molecule is COC(=O)C(CC(=O)C1CCC2C3CC=C4CC(OC(C)=O)CCC4(C)C3CCC12C)OC(C)=O. The van der Waals surface area contributed by atoms with Crippen LogP contribution in [0.15, 0.2) is 11.6 Å². The molecule has 0 aromatic heterocycles. The molecule has 0 spiro atoms. The zero-order valence-corrected chi connectivity index (χ0v) is 21.8. The summed E-state index contributed by atoms with van der Waals surface area (Å²) >= 11 is 0. The Hall–Kier alpha value is -2.18. The summed E-state index contributed by atoms with van der Waals surface area (Å²) in [6, 6.07) is 0. The Bertz CT molecular complexity index is 922. The summed E-state index contributed by atoms with van der Waals surface area (Å²) in [5.74, 6) is -0.0244. The minimum atomic E-state index is -1.17. The lowest BCUT2D eigenvalue weighted by Gasteiger charge is -2.58. The average Bonchev–Trinajstić information content (AvgIpc) is 3.15.